The average Bonchev–Trinajstić information content (AvgIpc) is 2.50. The molecule has 1 aliphatic heterocycles. The summed E-state index contributed by atoms with van der Waals surface area (Å²) in [5.74, 6) is 0.553. The molecule has 1 aliphatic rings. The number of nitrogens with two attached hydrogens (primary N) is 1. The van der Waals surface area contributed by atoms with Crippen LogP contribution in [0, 0.1) is 0 Å². The number of halogens is 1. The van der Waals surface area contributed by atoms with Crippen LogP contribution in [0.25, 0.3) is 0 Å². The van der Waals surface area contributed by atoms with Gasteiger partial charge in [0, 0.05) is 30.3 Å². The van der Waals surface area contributed by atoms with Crippen molar-refractivity contribution in [3.63, 3.8) is 0 Å². The lowest BCUT2D eigenvalue weighted by Gasteiger charge is -2.16. The minimum Gasteiger partial charge on any atom is -0.449 e. The van der Waals surface area contributed by atoms with Gasteiger partial charge in [-0.05, 0) is 34.6 Å². The van der Waals surface area contributed by atoms with Gasteiger partial charge >= 0.3 is 0 Å². The van der Waals surface area contributed by atoms with Crippen LogP contribution in [0.4, 0.5) is 0 Å². The van der Waals surface area contributed by atoms with Gasteiger partial charge in [-0.2, -0.15) is 0 Å². The molecule has 0 aromatic heterocycles. The third kappa shape index (κ3) is 2.45. The second-order valence-electron chi connectivity index (χ2n) is 4.34. The van der Waals surface area contributed by atoms with E-state index in [-0.39, 0.29) is 5.78 Å². The van der Waals surface area contributed by atoms with Crippen LogP contribution in [0.2, 0.25) is 0 Å². The van der Waals surface area contributed by atoms with Crippen LogP contribution in [-0.2, 0) is 0 Å². The smallest absolute Gasteiger partial charge is 0.246 e. The standard InChI is InChI=1S/C12H14BrNO3/c1-12(2)16-10-5-7(9(15)3-4-14)8(13)6-11(10)17-12/h5-6H,3-4,14H2,1-2H3. The highest BCUT2D eigenvalue weighted by Crippen LogP contribution is 2.42. The molecule has 2 rings (SSSR count). The molecule has 0 amide bonds. The molecule has 0 bridgehead atoms. The number of hydrogen-bond donors (Lipinski definition) is 1. The van der Waals surface area contributed by atoms with E-state index in [2.05, 4.69) is 15.9 Å². The van der Waals surface area contributed by atoms with Gasteiger partial charge in [0.05, 0.1) is 0 Å². The summed E-state index contributed by atoms with van der Waals surface area (Å²) in [5.41, 5.74) is 5.96. The van der Waals surface area contributed by atoms with E-state index >= 15 is 0 Å². The third-order valence-electron chi connectivity index (χ3n) is 2.42. The number of ketones is 1. The van der Waals surface area contributed by atoms with E-state index in [1.165, 1.54) is 0 Å². The summed E-state index contributed by atoms with van der Waals surface area (Å²) in [6.07, 6.45) is 0.321. The first-order valence-electron chi connectivity index (χ1n) is 5.38. The van der Waals surface area contributed by atoms with E-state index < -0.39 is 5.79 Å². The Hall–Kier alpha value is -1.07. The normalized spacial score (nSPS) is 16.0. The van der Waals surface area contributed by atoms with Crippen LogP contribution in [0.3, 0.4) is 0 Å². The topological polar surface area (TPSA) is 61.5 Å². The zero-order valence-electron chi connectivity index (χ0n) is 9.75. The first-order chi connectivity index (χ1) is 7.93. The molecule has 0 spiro atoms. The van der Waals surface area contributed by atoms with Crippen LogP contribution in [0.1, 0.15) is 30.6 Å². The molecule has 0 aliphatic carbocycles. The molecule has 17 heavy (non-hydrogen) atoms. The lowest BCUT2D eigenvalue weighted by atomic mass is 10.1. The number of ether oxygens (including phenoxy) is 2. The maximum Gasteiger partial charge on any atom is 0.246 e. The summed E-state index contributed by atoms with van der Waals surface area (Å²) < 4.78 is 11.9. The molecule has 4 nitrogen and oxygen atoms in total. The van der Waals surface area contributed by atoms with Crippen LogP contribution in [0.15, 0.2) is 16.6 Å². The molecule has 92 valence electrons. The summed E-state index contributed by atoms with van der Waals surface area (Å²) in [5, 5.41) is 0. The number of rotatable bonds is 3. The zero-order chi connectivity index (χ0) is 12.6. The summed E-state index contributed by atoms with van der Waals surface area (Å²) in [6.45, 7) is 3.98. The lowest BCUT2D eigenvalue weighted by Crippen LogP contribution is -2.29. The van der Waals surface area contributed by atoms with Crippen molar-refractivity contribution < 1.29 is 14.3 Å². The lowest BCUT2D eigenvalue weighted by molar-refractivity contribution is -0.0431. The Morgan fingerprint density at radius 1 is 1.35 bits per heavy atom. The number of fused-ring (bicyclic) bond motifs is 1. The molecular weight excluding hydrogens is 286 g/mol. The Morgan fingerprint density at radius 3 is 2.53 bits per heavy atom. The van der Waals surface area contributed by atoms with Crippen LogP contribution >= 0.6 is 15.9 Å². The highest BCUT2D eigenvalue weighted by Gasteiger charge is 2.32. The minimum atomic E-state index is -0.683. The van der Waals surface area contributed by atoms with Crippen molar-refractivity contribution in [1.29, 1.82) is 0 Å². The summed E-state index contributed by atoms with van der Waals surface area (Å²) in [6, 6.07) is 3.46. The fourth-order valence-electron chi connectivity index (χ4n) is 1.72. The Kier molecular flexibility index (Phi) is 3.14. The molecule has 2 N–H and O–H groups in total. The highest BCUT2D eigenvalue weighted by molar-refractivity contribution is 9.10. The summed E-state index contributed by atoms with van der Waals surface area (Å²) >= 11 is 3.36. The number of hydrogen-bond acceptors (Lipinski definition) is 4. The van der Waals surface area contributed by atoms with E-state index in [0.717, 1.165) is 0 Å². The highest BCUT2D eigenvalue weighted by atomic mass is 79.9. The van der Waals surface area contributed by atoms with Crippen molar-refractivity contribution in [1.82, 2.24) is 0 Å². The second kappa shape index (κ2) is 4.31. The van der Waals surface area contributed by atoms with Gasteiger partial charge in [-0.1, -0.05) is 0 Å². The van der Waals surface area contributed by atoms with Gasteiger partial charge in [0.25, 0.3) is 0 Å². The number of carbonyl (C=O) groups is 1. The average molecular weight is 300 g/mol. The summed E-state index contributed by atoms with van der Waals surface area (Å²) in [4.78, 5) is 11.8. The van der Waals surface area contributed by atoms with E-state index in [9.17, 15) is 4.79 Å². The van der Waals surface area contributed by atoms with Crippen LogP contribution in [-0.4, -0.2) is 18.1 Å². The Bertz CT molecular complexity index is 471. The summed E-state index contributed by atoms with van der Waals surface area (Å²) in [7, 11) is 0. The Balaban J connectivity index is 2.37. The van der Waals surface area contributed by atoms with Crippen molar-refractivity contribution in [2.24, 2.45) is 5.73 Å². The number of benzene rings is 1. The van der Waals surface area contributed by atoms with Crippen LogP contribution < -0.4 is 15.2 Å². The predicted molar refractivity (Wildman–Crippen MR) is 67.5 cm³/mol. The molecule has 0 atom stereocenters. The fraction of sp³-hybridized carbons (Fsp3) is 0.417. The van der Waals surface area contributed by atoms with Gasteiger partial charge in [-0.3, -0.25) is 4.79 Å². The van der Waals surface area contributed by atoms with Crippen LogP contribution in [0.5, 0.6) is 11.5 Å². The SMILES string of the molecule is CC1(C)Oc2cc(Br)c(C(=O)CCN)cc2O1. The molecule has 0 saturated carbocycles. The monoisotopic (exact) mass is 299 g/mol. The predicted octanol–water partition coefficient (Wildman–Crippen LogP) is 2.49. The van der Waals surface area contributed by atoms with E-state index in [1.807, 2.05) is 13.8 Å². The first kappa shape index (κ1) is 12.4. The van der Waals surface area contributed by atoms with E-state index in [1.54, 1.807) is 12.1 Å². The maximum atomic E-state index is 11.8. The van der Waals surface area contributed by atoms with Gasteiger partial charge in [-0.15, -0.1) is 0 Å². The molecule has 1 aromatic rings. The van der Waals surface area contributed by atoms with E-state index in [0.29, 0.717) is 34.5 Å². The number of Topliss-reactive ketones (excluding diaryl/α,β-unsaturated/α-hetero) is 1. The third-order valence-corrected chi connectivity index (χ3v) is 3.07. The van der Waals surface area contributed by atoms with Crippen molar-refractivity contribution in [2.45, 2.75) is 26.1 Å². The Labute approximate surface area is 108 Å². The quantitative estimate of drug-likeness (QED) is 0.871. The molecule has 5 heteroatoms. The molecule has 0 saturated heterocycles. The minimum absolute atomic E-state index is 0.00418. The maximum absolute atomic E-state index is 11.8. The second-order valence-corrected chi connectivity index (χ2v) is 5.20. The first-order valence-corrected chi connectivity index (χ1v) is 6.17. The molecule has 0 radical (unpaired) electrons. The van der Waals surface area contributed by atoms with Gasteiger partial charge in [-0.25, -0.2) is 0 Å². The molecule has 0 unspecified atom stereocenters. The van der Waals surface area contributed by atoms with Crippen molar-refractivity contribution >= 4 is 21.7 Å². The van der Waals surface area contributed by atoms with Gasteiger partial charge < -0.3 is 15.2 Å². The van der Waals surface area contributed by atoms with Gasteiger partial charge in [0.1, 0.15) is 0 Å². The van der Waals surface area contributed by atoms with Crippen molar-refractivity contribution in [2.75, 3.05) is 6.54 Å². The van der Waals surface area contributed by atoms with Gasteiger partial charge in [0.2, 0.25) is 5.79 Å². The van der Waals surface area contributed by atoms with Crippen molar-refractivity contribution in [3.05, 3.63) is 22.2 Å². The fourth-order valence-corrected chi connectivity index (χ4v) is 2.27. The number of carbonyl (C=O) groups excluding carboxylic acids is 1. The Morgan fingerprint density at radius 2 is 1.94 bits per heavy atom. The molecule has 0 fully saturated rings. The van der Waals surface area contributed by atoms with Gasteiger partial charge in [0.15, 0.2) is 17.3 Å². The molecule has 1 aromatic carbocycles. The zero-order valence-corrected chi connectivity index (χ0v) is 11.3. The van der Waals surface area contributed by atoms with Crippen molar-refractivity contribution in [3.8, 4) is 11.5 Å². The molecular formula is C12H14BrNO3. The molecule has 1 heterocycles. The van der Waals surface area contributed by atoms with E-state index in [4.69, 9.17) is 15.2 Å². The largest absolute Gasteiger partial charge is 0.449 e.